The van der Waals surface area contributed by atoms with Gasteiger partial charge in [-0.15, -0.1) is 0 Å². The van der Waals surface area contributed by atoms with Crippen LogP contribution in [0.5, 0.6) is 0 Å². The first-order valence-corrected chi connectivity index (χ1v) is 3.43. The zero-order chi connectivity index (χ0) is 6.15. The minimum atomic E-state index is -0.535. The van der Waals surface area contributed by atoms with Gasteiger partial charge in [0, 0.05) is 36.0 Å². The normalized spacial score (nSPS) is 40.9. The Morgan fingerprint density at radius 3 is 1.75 bits per heavy atom. The minimum Gasteiger partial charge on any atom is -0.389 e. The van der Waals surface area contributed by atoms with Gasteiger partial charge in [0.25, 0.3) is 0 Å². The first kappa shape index (κ1) is 6.73. The van der Waals surface area contributed by atoms with Crippen molar-refractivity contribution in [2.24, 2.45) is 0 Å². The second kappa shape index (κ2) is 2.47. The average molecular weight is 229 g/mol. The van der Waals surface area contributed by atoms with Crippen LogP contribution in [0.15, 0.2) is 0 Å². The second-order valence-electron chi connectivity index (χ2n) is 1.96. The molecule has 0 saturated carbocycles. The molecule has 1 rings (SSSR count). The summed E-state index contributed by atoms with van der Waals surface area (Å²) in [7, 11) is 0. The molecule has 2 N–H and O–H groups in total. The predicted octanol–water partition coefficient (Wildman–Crippen LogP) is -0.626. The third kappa shape index (κ3) is 1.31. The molecule has 3 nitrogen and oxygen atoms in total. The maximum atomic E-state index is 8.87. The number of halogens is 1. The summed E-state index contributed by atoms with van der Waals surface area (Å²) in [5.74, 6) is 0. The molecule has 0 amide bonds. The number of rotatable bonds is 0. The number of β-amino-alcohol motifs (C(OH)–C–C–N with tert-alkyl or cyclic N) is 2. The summed E-state index contributed by atoms with van der Waals surface area (Å²) in [5.41, 5.74) is 0. The molecular weight excluding hydrogens is 221 g/mol. The minimum absolute atomic E-state index is 0.535. The Labute approximate surface area is 61.8 Å². The van der Waals surface area contributed by atoms with Crippen molar-refractivity contribution in [2.45, 2.75) is 12.2 Å². The highest BCUT2D eigenvalue weighted by Gasteiger charge is 2.27. The molecule has 0 radical (unpaired) electrons. The Hall–Kier alpha value is 0.610. The van der Waals surface area contributed by atoms with E-state index in [0.717, 1.165) is 0 Å². The van der Waals surface area contributed by atoms with Crippen LogP contribution in [0.1, 0.15) is 0 Å². The molecule has 0 aromatic heterocycles. The predicted molar refractivity (Wildman–Crippen MR) is 37.6 cm³/mol. The molecule has 0 aromatic rings. The molecule has 4 heteroatoms. The Morgan fingerprint density at radius 1 is 1.25 bits per heavy atom. The van der Waals surface area contributed by atoms with Gasteiger partial charge in [-0.1, -0.05) is 0 Å². The summed E-state index contributed by atoms with van der Waals surface area (Å²) >= 11 is 2.08. The van der Waals surface area contributed by atoms with Crippen LogP contribution >= 0.6 is 22.9 Å². The summed E-state index contributed by atoms with van der Waals surface area (Å²) in [6.07, 6.45) is -1.07. The van der Waals surface area contributed by atoms with Crippen LogP contribution in [0.3, 0.4) is 0 Å². The van der Waals surface area contributed by atoms with Gasteiger partial charge in [-0.25, -0.2) is 3.11 Å². The zero-order valence-electron chi connectivity index (χ0n) is 4.29. The lowest BCUT2D eigenvalue weighted by Gasteiger charge is -2.01. The Kier molecular flexibility index (Phi) is 2.07. The molecule has 0 aromatic carbocycles. The van der Waals surface area contributed by atoms with E-state index in [-0.39, 0.29) is 0 Å². The molecule has 48 valence electrons. The van der Waals surface area contributed by atoms with Gasteiger partial charge in [-0.05, 0) is 0 Å². The summed E-state index contributed by atoms with van der Waals surface area (Å²) in [6.45, 7) is 1.17. The fourth-order valence-electron chi connectivity index (χ4n) is 0.724. The summed E-state index contributed by atoms with van der Waals surface area (Å²) in [6, 6.07) is 0. The van der Waals surface area contributed by atoms with Gasteiger partial charge in [0.2, 0.25) is 0 Å². The maximum Gasteiger partial charge on any atom is 0.0946 e. The quantitative estimate of drug-likeness (QED) is 0.429. The highest BCUT2D eigenvalue weighted by molar-refractivity contribution is 14.1. The van der Waals surface area contributed by atoms with E-state index in [1.54, 1.807) is 0 Å². The van der Waals surface area contributed by atoms with E-state index < -0.39 is 12.2 Å². The summed E-state index contributed by atoms with van der Waals surface area (Å²) in [5, 5.41) is 17.7. The smallest absolute Gasteiger partial charge is 0.0946 e. The zero-order valence-corrected chi connectivity index (χ0v) is 6.45. The van der Waals surface area contributed by atoms with Crippen LogP contribution in [-0.2, 0) is 0 Å². The number of aliphatic hydroxyl groups is 2. The second-order valence-corrected chi connectivity index (χ2v) is 3.33. The van der Waals surface area contributed by atoms with Gasteiger partial charge in [-0.2, -0.15) is 0 Å². The number of hydrogen-bond donors (Lipinski definition) is 2. The van der Waals surface area contributed by atoms with E-state index in [1.165, 1.54) is 0 Å². The molecule has 1 aliphatic heterocycles. The van der Waals surface area contributed by atoms with Crippen LogP contribution in [-0.4, -0.2) is 38.6 Å². The standard InChI is InChI=1S/C4H8INO2/c5-6-1-3(7)4(8)2-6/h3-4,7-8H,1-2H2. The number of nitrogens with zero attached hydrogens (tertiary/aromatic N) is 1. The Balaban J connectivity index is 2.39. The Morgan fingerprint density at radius 2 is 1.62 bits per heavy atom. The van der Waals surface area contributed by atoms with Gasteiger partial charge in [0.15, 0.2) is 0 Å². The molecule has 0 spiro atoms. The average Bonchev–Trinajstić information content (AvgIpc) is 1.85. The van der Waals surface area contributed by atoms with Gasteiger partial charge in [0.1, 0.15) is 0 Å². The molecule has 1 fully saturated rings. The van der Waals surface area contributed by atoms with Gasteiger partial charge in [-0.3, -0.25) is 0 Å². The van der Waals surface area contributed by atoms with E-state index >= 15 is 0 Å². The largest absolute Gasteiger partial charge is 0.389 e. The van der Waals surface area contributed by atoms with E-state index in [2.05, 4.69) is 22.9 Å². The van der Waals surface area contributed by atoms with Crippen molar-refractivity contribution in [3.05, 3.63) is 0 Å². The maximum absolute atomic E-state index is 8.87. The van der Waals surface area contributed by atoms with E-state index in [4.69, 9.17) is 10.2 Å². The van der Waals surface area contributed by atoms with Crippen LogP contribution in [0.4, 0.5) is 0 Å². The first-order chi connectivity index (χ1) is 3.70. The van der Waals surface area contributed by atoms with Crippen molar-refractivity contribution in [3.63, 3.8) is 0 Å². The molecule has 2 unspecified atom stereocenters. The number of aliphatic hydroxyl groups excluding tert-OH is 2. The van der Waals surface area contributed by atoms with Crippen LogP contribution in [0.2, 0.25) is 0 Å². The number of hydrogen-bond acceptors (Lipinski definition) is 3. The lowest BCUT2D eigenvalue weighted by Crippen LogP contribution is -2.22. The molecule has 8 heavy (non-hydrogen) atoms. The van der Waals surface area contributed by atoms with Crippen molar-refractivity contribution in [3.8, 4) is 0 Å². The molecule has 1 heterocycles. The molecular formula is C4H8INO2. The van der Waals surface area contributed by atoms with Gasteiger partial charge in [0.05, 0.1) is 12.2 Å². The van der Waals surface area contributed by atoms with Crippen LogP contribution in [0, 0.1) is 0 Å². The van der Waals surface area contributed by atoms with Crippen molar-refractivity contribution in [1.82, 2.24) is 3.11 Å². The SMILES string of the molecule is OC1CN(I)CC1O. The fourth-order valence-corrected chi connectivity index (χ4v) is 1.53. The third-order valence-electron chi connectivity index (χ3n) is 1.21. The summed E-state index contributed by atoms with van der Waals surface area (Å²) in [4.78, 5) is 0. The van der Waals surface area contributed by atoms with Crippen LogP contribution in [0.25, 0.3) is 0 Å². The van der Waals surface area contributed by atoms with Crippen molar-refractivity contribution >= 4 is 22.9 Å². The lowest BCUT2D eigenvalue weighted by atomic mass is 10.3. The van der Waals surface area contributed by atoms with Gasteiger partial charge < -0.3 is 10.2 Å². The monoisotopic (exact) mass is 229 g/mol. The van der Waals surface area contributed by atoms with Crippen molar-refractivity contribution in [1.29, 1.82) is 0 Å². The lowest BCUT2D eigenvalue weighted by molar-refractivity contribution is 0.0572. The first-order valence-electron chi connectivity index (χ1n) is 2.47. The third-order valence-corrected chi connectivity index (χ3v) is 2.00. The van der Waals surface area contributed by atoms with Crippen molar-refractivity contribution in [2.75, 3.05) is 13.1 Å². The highest BCUT2D eigenvalue weighted by atomic mass is 127. The van der Waals surface area contributed by atoms with E-state index in [0.29, 0.717) is 13.1 Å². The van der Waals surface area contributed by atoms with E-state index in [9.17, 15) is 0 Å². The topological polar surface area (TPSA) is 43.7 Å². The van der Waals surface area contributed by atoms with E-state index in [1.807, 2.05) is 3.11 Å². The Bertz CT molecular complexity index is 80.1. The molecule has 0 bridgehead atoms. The van der Waals surface area contributed by atoms with Gasteiger partial charge >= 0.3 is 0 Å². The molecule has 0 aliphatic carbocycles. The van der Waals surface area contributed by atoms with Crippen LogP contribution < -0.4 is 0 Å². The molecule has 1 saturated heterocycles. The molecule has 1 aliphatic rings. The summed E-state index contributed by atoms with van der Waals surface area (Å²) < 4.78 is 1.87. The fraction of sp³-hybridized carbons (Fsp3) is 1.00. The highest BCUT2D eigenvalue weighted by Crippen LogP contribution is 2.13. The molecule has 2 atom stereocenters. The van der Waals surface area contributed by atoms with Crippen molar-refractivity contribution < 1.29 is 10.2 Å².